The molecule has 0 bridgehead atoms. The fourth-order valence-electron chi connectivity index (χ4n) is 3.33. The number of nitrogens with one attached hydrogen (secondary N) is 1. The molecule has 1 N–H and O–H groups in total. The summed E-state index contributed by atoms with van der Waals surface area (Å²) in [6, 6.07) is 12.5. The molecule has 4 rings (SSSR count). The number of aromatic nitrogens is 1. The third-order valence-electron chi connectivity index (χ3n) is 4.78. The van der Waals surface area contributed by atoms with Gasteiger partial charge in [-0.2, -0.15) is 9.57 Å². The van der Waals surface area contributed by atoms with E-state index in [4.69, 9.17) is 5.26 Å². The van der Waals surface area contributed by atoms with Crippen molar-refractivity contribution < 1.29 is 12.8 Å². The van der Waals surface area contributed by atoms with Crippen molar-refractivity contribution in [2.75, 3.05) is 13.1 Å². The van der Waals surface area contributed by atoms with E-state index >= 15 is 0 Å². The van der Waals surface area contributed by atoms with Gasteiger partial charge in [0.25, 0.3) is 0 Å². The Kier molecular flexibility index (Phi) is 4.30. The molecule has 0 saturated heterocycles. The van der Waals surface area contributed by atoms with Crippen molar-refractivity contribution in [2.24, 2.45) is 0 Å². The van der Waals surface area contributed by atoms with Crippen LogP contribution in [0, 0.1) is 17.1 Å². The molecule has 0 amide bonds. The van der Waals surface area contributed by atoms with Crippen molar-refractivity contribution in [2.45, 2.75) is 11.3 Å². The maximum Gasteiger partial charge on any atom is 0.243 e. The molecular formula is C20H16FN3O2S. The second-order valence-corrected chi connectivity index (χ2v) is 8.31. The molecule has 2 aromatic carbocycles. The summed E-state index contributed by atoms with van der Waals surface area (Å²) in [5, 5.41) is 9.77. The molecule has 0 fully saturated rings. The average molecular weight is 381 g/mol. The Labute approximate surface area is 156 Å². The number of sulfonamides is 1. The van der Waals surface area contributed by atoms with Gasteiger partial charge in [-0.05, 0) is 54.5 Å². The van der Waals surface area contributed by atoms with E-state index in [-0.39, 0.29) is 17.3 Å². The minimum absolute atomic E-state index is 0.181. The van der Waals surface area contributed by atoms with Crippen LogP contribution in [0.25, 0.3) is 16.5 Å². The fraction of sp³-hybridized carbons (Fsp3) is 0.150. The molecule has 136 valence electrons. The van der Waals surface area contributed by atoms with Crippen LogP contribution in [0.2, 0.25) is 0 Å². The predicted octanol–water partition coefficient (Wildman–Crippen LogP) is 3.66. The lowest BCUT2D eigenvalue weighted by Gasteiger charge is -2.25. The quantitative estimate of drug-likeness (QED) is 0.752. The summed E-state index contributed by atoms with van der Waals surface area (Å²) in [5.41, 5.74) is 3.16. The maximum atomic E-state index is 13.4. The molecule has 0 radical (unpaired) electrons. The largest absolute Gasteiger partial charge is 0.360 e. The number of hydrogen-bond acceptors (Lipinski definition) is 3. The summed E-state index contributed by atoms with van der Waals surface area (Å²) < 4.78 is 40.4. The van der Waals surface area contributed by atoms with Gasteiger partial charge >= 0.3 is 0 Å². The van der Waals surface area contributed by atoms with Crippen LogP contribution in [0.15, 0.2) is 59.6 Å². The number of nitriles is 1. The van der Waals surface area contributed by atoms with Crippen LogP contribution in [-0.2, 0) is 10.0 Å². The average Bonchev–Trinajstić information content (AvgIpc) is 3.11. The highest BCUT2D eigenvalue weighted by Crippen LogP contribution is 2.31. The third kappa shape index (κ3) is 3.14. The first-order chi connectivity index (χ1) is 13.0. The third-order valence-corrected chi connectivity index (χ3v) is 6.66. The van der Waals surface area contributed by atoms with Crippen LogP contribution in [0.1, 0.15) is 17.5 Å². The predicted molar refractivity (Wildman–Crippen MR) is 101 cm³/mol. The van der Waals surface area contributed by atoms with Gasteiger partial charge in [0.05, 0.1) is 16.5 Å². The molecule has 1 aliphatic heterocycles. The SMILES string of the molecule is N#Cc1ccc(S(=O)(=O)N2CC=C(c3c[nH]c4cc(F)ccc34)CC2)cc1. The molecule has 0 spiro atoms. The van der Waals surface area contributed by atoms with Gasteiger partial charge in [0.15, 0.2) is 0 Å². The highest BCUT2D eigenvalue weighted by molar-refractivity contribution is 7.89. The molecule has 7 heteroatoms. The summed E-state index contributed by atoms with van der Waals surface area (Å²) >= 11 is 0. The Bertz CT molecular complexity index is 1190. The molecular weight excluding hydrogens is 365 g/mol. The van der Waals surface area contributed by atoms with Crippen LogP contribution in [-0.4, -0.2) is 30.8 Å². The Morgan fingerprint density at radius 3 is 2.59 bits per heavy atom. The lowest BCUT2D eigenvalue weighted by atomic mass is 10.00. The highest BCUT2D eigenvalue weighted by Gasteiger charge is 2.26. The summed E-state index contributed by atoms with van der Waals surface area (Å²) in [7, 11) is -3.61. The maximum absolute atomic E-state index is 13.4. The van der Waals surface area contributed by atoms with Crippen molar-refractivity contribution in [3.63, 3.8) is 0 Å². The van der Waals surface area contributed by atoms with Crippen molar-refractivity contribution in [3.05, 3.63) is 71.7 Å². The summed E-state index contributed by atoms with van der Waals surface area (Å²) in [6.07, 6.45) is 4.30. The van der Waals surface area contributed by atoms with Crippen LogP contribution in [0.4, 0.5) is 4.39 Å². The monoisotopic (exact) mass is 381 g/mol. The summed E-state index contributed by atoms with van der Waals surface area (Å²) in [5.74, 6) is -0.298. The smallest absolute Gasteiger partial charge is 0.243 e. The number of fused-ring (bicyclic) bond motifs is 1. The van der Waals surface area contributed by atoms with Crippen molar-refractivity contribution in [1.29, 1.82) is 5.26 Å². The first kappa shape index (κ1) is 17.5. The van der Waals surface area contributed by atoms with Gasteiger partial charge in [-0.25, -0.2) is 12.8 Å². The van der Waals surface area contributed by atoms with E-state index in [1.807, 2.05) is 18.3 Å². The lowest BCUT2D eigenvalue weighted by molar-refractivity contribution is 0.441. The van der Waals surface area contributed by atoms with Gasteiger partial charge in [-0.3, -0.25) is 0 Å². The fourth-order valence-corrected chi connectivity index (χ4v) is 4.71. The van der Waals surface area contributed by atoms with Crippen LogP contribution in [0.3, 0.4) is 0 Å². The second kappa shape index (κ2) is 6.65. The van der Waals surface area contributed by atoms with E-state index in [0.29, 0.717) is 18.5 Å². The first-order valence-corrected chi connectivity index (χ1v) is 9.89. The highest BCUT2D eigenvalue weighted by atomic mass is 32.2. The van der Waals surface area contributed by atoms with Gasteiger partial charge in [0.1, 0.15) is 5.82 Å². The Morgan fingerprint density at radius 2 is 1.93 bits per heavy atom. The van der Waals surface area contributed by atoms with Crippen LogP contribution in [0.5, 0.6) is 0 Å². The number of nitrogens with zero attached hydrogens (tertiary/aromatic N) is 2. The molecule has 0 atom stereocenters. The molecule has 1 aliphatic rings. The number of hydrogen-bond donors (Lipinski definition) is 1. The van der Waals surface area contributed by atoms with E-state index in [0.717, 1.165) is 22.0 Å². The minimum atomic E-state index is -3.61. The molecule has 3 aromatic rings. The first-order valence-electron chi connectivity index (χ1n) is 8.45. The van der Waals surface area contributed by atoms with Crippen molar-refractivity contribution in [3.8, 4) is 6.07 Å². The van der Waals surface area contributed by atoms with Crippen LogP contribution < -0.4 is 0 Å². The van der Waals surface area contributed by atoms with Gasteiger partial charge in [-0.15, -0.1) is 0 Å². The van der Waals surface area contributed by atoms with Gasteiger partial charge in [0, 0.05) is 35.8 Å². The van der Waals surface area contributed by atoms with Crippen molar-refractivity contribution >= 4 is 26.5 Å². The van der Waals surface area contributed by atoms with Crippen LogP contribution >= 0.6 is 0 Å². The molecule has 2 heterocycles. The Balaban J connectivity index is 1.59. The molecule has 27 heavy (non-hydrogen) atoms. The normalized spacial score (nSPS) is 15.5. The lowest BCUT2D eigenvalue weighted by Crippen LogP contribution is -2.34. The standard InChI is InChI=1S/C20H16FN3O2S/c21-16-3-6-18-19(13-23-20(18)11-16)15-7-9-24(10-8-15)27(25,26)17-4-1-14(12-22)2-5-17/h1-7,11,13,23H,8-10H2. The van der Waals surface area contributed by atoms with E-state index < -0.39 is 10.0 Å². The number of rotatable bonds is 3. The topological polar surface area (TPSA) is 77.0 Å². The molecule has 0 saturated carbocycles. The second-order valence-electron chi connectivity index (χ2n) is 6.37. The number of benzene rings is 2. The van der Waals surface area contributed by atoms with Gasteiger partial charge < -0.3 is 4.98 Å². The molecule has 1 aromatic heterocycles. The van der Waals surface area contributed by atoms with E-state index in [1.165, 1.54) is 40.7 Å². The van der Waals surface area contributed by atoms with Gasteiger partial charge in [-0.1, -0.05) is 6.08 Å². The van der Waals surface area contributed by atoms with E-state index in [9.17, 15) is 12.8 Å². The number of halogens is 1. The van der Waals surface area contributed by atoms with E-state index in [2.05, 4.69) is 4.98 Å². The van der Waals surface area contributed by atoms with Crippen molar-refractivity contribution in [1.82, 2.24) is 9.29 Å². The Morgan fingerprint density at radius 1 is 1.15 bits per heavy atom. The number of H-pyrrole nitrogens is 1. The molecule has 0 unspecified atom stereocenters. The zero-order valence-electron chi connectivity index (χ0n) is 14.3. The molecule has 0 aliphatic carbocycles. The zero-order valence-corrected chi connectivity index (χ0v) is 15.1. The number of aromatic amines is 1. The molecule has 5 nitrogen and oxygen atoms in total. The minimum Gasteiger partial charge on any atom is -0.360 e. The summed E-state index contributed by atoms with van der Waals surface area (Å²) in [6.45, 7) is 0.633. The Hall–Kier alpha value is -2.95. The van der Waals surface area contributed by atoms with Gasteiger partial charge in [0.2, 0.25) is 10.0 Å². The van der Waals surface area contributed by atoms with E-state index in [1.54, 1.807) is 6.07 Å². The summed E-state index contributed by atoms with van der Waals surface area (Å²) in [4.78, 5) is 3.25. The zero-order chi connectivity index (χ0) is 19.0.